The normalized spacial score (nSPS) is 21.6. The van der Waals surface area contributed by atoms with Gasteiger partial charge in [-0.25, -0.2) is 18.4 Å². The molecule has 3 rings (SSSR count). The Bertz CT molecular complexity index is 778. The van der Waals surface area contributed by atoms with Crippen molar-refractivity contribution in [1.82, 2.24) is 20.4 Å². The monoisotopic (exact) mass is 430 g/mol. The van der Waals surface area contributed by atoms with E-state index in [0.29, 0.717) is 19.5 Å². The molecule has 1 heterocycles. The molecule has 29 heavy (non-hydrogen) atoms. The molecule has 7 nitrogen and oxygen atoms in total. The Morgan fingerprint density at radius 3 is 2.59 bits per heavy atom. The fourth-order valence-corrected chi connectivity index (χ4v) is 3.93. The molecule has 1 aliphatic heterocycles. The van der Waals surface area contributed by atoms with Crippen molar-refractivity contribution in [2.45, 2.75) is 37.9 Å². The van der Waals surface area contributed by atoms with Gasteiger partial charge in [0, 0.05) is 50.8 Å². The Kier molecular flexibility index (Phi) is 6.79. The number of benzene rings is 1. The van der Waals surface area contributed by atoms with Gasteiger partial charge in [-0.05, 0) is 31.4 Å². The summed E-state index contributed by atoms with van der Waals surface area (Å²) in [5.41, 5.74) is -0.000127. The van der Waals surface area contributed by atoms with Crippen molar-refractivity contribution < 1.29 is 23.5 Å². The maximum absolute atomic E-state index is 14.0. The highest BCUT2D eigenvalue weighted by molar-refractivity contribution is 6.30. The van der Waals surface area contributed by atoms with E-state index in [-0.39, 0.29) is 47.8 Å². The van der Waals surface area contributed by atoms with Crippen LogP contribution in [0.2, 0.25) is 5.02 Å². The first-order chi connectivity index (χ1) is 13.8. The molecule has 4 amide bonds. The first-order valence-corrected chi connectivity index (χ1v) is 9.98. The van der Waals surface area contributed by atoms with Gasteiger partial charge >= 0.3 is 12.1 Å². The van der Waals surface area contributed by atoms with E-state index in [1.165, 1.54) is 7.05 Å². The summed E-state index contributed by atoms with van der Waals surface area (Å²) in [5.74, 6) is -1.59. The van der Waals surface area contributed by atoms with Crippen LogP contribution in [0.4, 0.5) is 18.4 Å². The number of rotatable bonds is 5. The highest BCUT2D eigenvalue weighted by Crippen LogP contribution is 2.33. The van der Waals surface area contributed by atoms with Gasteiger partial charge in [-0.3, -0.25) is 0 Å². The van der Waals surface area contributed by atoms with E-state index < -0.39 is 17.7 Å². The zero-order valence-corrected chi connectivity index (χ0v) is 16.9. The van der Waals surface area contributed by atoms with Crippen molar-refractivity contribution in [2.24, 2.45) is 5.92 Å². The molecule has 0 bridgehead atoms. The molecule has 2 fully saturated rings. The fraction of sp³-hybridized carbons (Fsp3) is 0.579. The van der Waals surface area contributed by atoms with Crippen LogP contribution in [0.1, 0.15) is 24.8 Å². The standard InChI is InChI=1S/C19H25ClF2N4O3/c1-23-18(28)25-8-11(10-27)4-14(9-25)26(13-2-3-13)19(29)24-7-12-5-17(22)15(20)6-16(12)21/h5-6,11,13-14,27H,2-4,7-10H2,1H3,(H,23,28)(H,24,29). The van der Waals surface area contributed by atoms with Crippen LogP contribution >= 0.6 is 11.6 Å². The minimum absolute atomic E-state index is 0.000127. The lowest BCUT2D eigenvalue weighted by Gasteiger charge is -2.42. The van der Waals surface area contributed by atoms with Gasteiger partial charge in [0.25, 0.3) is 0 Å². The third-order valence-corrected chi connectivity index (χ3v) is 5.65. The van der Waals surface area contributed by atoms with E-state index in [0.717, 1.165) is 25.0 Å². The van der Waals surface area contributed by atoms with Gasteiger partial charge < -0.3 is 25.5 Å². The second-order valence-corrected chi connectivity index (χ2v) is 7.96. The summed E-state index contributed by atoms with van der Waals surface area (Å²) in [6.07, 6.45) is 2.26. The number of urea groups is 2. The summed E-state index contributed by atoms with van der Waals surface area (Å²) in [6.45, 7) is 0.503. The smallest absolute Gasteiger partial charge is 0.318 e. The summed E-state index contributed by atoms with van der Waals surface area (Å²) in [6, 6.07) is 0.958. The second-order valence-electron chi connectivity index (χ2n) is 7.55. The number of piperidine rings is 1. The summed E-state index contributed by atoms with van der Waals surface area (Å²) < 4.78 is 27.6. The number of hydrogen-bond donors (Lipinski definition) is 3. The molecule has 160 valence electrons. The molecule has 1 saturated heterocycles. The van der Waals surface area contributed by atoms with Gasteiger partial charge in [-0.2, -0.15) is 0 Å². The number of aliphatic hydroxyl groups is 1. The SMILES string of the molecule is CNC(=O)N1CC(CO)CC(N(C(=O)NCc2cc(F)c(Cl)cc2F)C2CC2)C1. The topological polar surface area (TPSA) is 84.9 Å². The van der Waals surface area contributed by atoms with Crippen LogP contribution in [0.25, 0.3) is 0 Å². The molecule has 3 N–H and O–H groups in total. The summed E-state index contributed by atoms with van der Waals surface area (Å²) >= 11 is 5.56. The predicted molar refractivity (Wildman–Crippen MR) is 103 cm³/mol. The molecule has 1 aromatic rings. The Hall–Kier alpha value is -2.13. The molecule has 2 atom stereocenters. The van der Waals surface area contributed by atoms with E-state index in [1.54, 1.807) is 9.80 Å². The molecule has 1 saturated carbocycles. The third kappa shape index (κ3) is 5.08. The van der Waals surface area contributed by atoms with Crippen LogP contribution in [0.3, 0.4) is 0 Å². The predicted octanol–water partition coefficient (Wildman–Crippen LogP) is 2.31. The van der Waals surface area contributed by atoms with Gasteiger partial charge in [-0.15, -0.1) is 0 Å². The van der Waals surface area contributed by atoms with Crippen LogP contribution in [0.15, 0.2) is 12.1 Å². The number of nitrogens with zero attached hydrogens (tertiary/aromatic N) is 2. The average Bonchev–Trinajstić information content (AvgIpc) is 3.53. The van der Waals surface area contributed by atoms with Crippen LogP contribution in [0, 0.1) is 17.6 Å². The van der Waals surface area contributed by atoms with Crippen molar-refractivity contribution in [3.8, 4) is 0 Å². The Balaban J connectivity index is 1.71. The van der Waals surface area contributed by atoms with E-state index >= 15 is 0 Å². The minimum Gasteiger partial charge on any atom is -0.396 e. The Morgan fingerprint density at radius 1 is 1.24 bits per heavy atom. The number of likely N-dealkylation sites (tertiary alicyclic amines) is 1. The quantitative estimate of drug-likeness (QED) is 0.627. The minimum atomic E-state index is -0.754. The molecule has 2 unspecified atom stereocenters. The zero-order valence-electron chi connectivity index (χ0n) is 16.1. The van der Waals surface area contributed by atoms with E-state index in [2.05, 4.69) is 10.6 Å². The Labute approximate surface area is 173 Å². The summed E-state index contributed by atoms with van der Waals surface area (Å²) in [4.78, 5) is 28.2. The molecule has 1 aliphatic carbocycles. The second kappa shape index (κ2) is 9.13. The van der Waals surface area contributed by atoms with Gasteiger partial charge in [-0.1, -0.05) is 11.6 Å². The largest absolute Gasteiger partial charge is 0.396 e. The lowest BCUT2D eigenvalue weighted by atomic mass is 9.94. The van der Waals surface area contributed by atoms with Crippen molar-refractivity contribution >= 4 is 23.7 Å². The third-order valence-electron chi connectivity index (χ3n) is 5.36. The first-order valence-electron chi connectivity index (χ1n) is 9.61. The number of carbonyl (C=O) groups excluding carboxylic acids is 2. The average molecular weight is 431 g/mol. The van der Waals surface area contributed by atoms with Gasteiger partial charge in [0.05, 0.1) is 11.1 Å². The van der Waals surface area contributed by atoms with Crippen molar-refractivity contribution in [3.63, 3.8) is 0 Å². The van der Waals surface area contributed by atoms with Crippen LogP contribution < -0.4 is 10.6 Å². The molecule has 0 spiro atoms. The van der Waals surface area contributed by atoms with E-state index in [4.69, 9.17) is 11.6 Å². The molecular weight excluding hydrogens is 406 g/mol. The van der Waals surface area contributed by atoms with Crippen LogP contribution in [0.5, 0.6) is 0 Å². The first kappa shape index (κ1) is 21.6. The van der Waals surface area contributed by atoms with Crippen molar-refractivity contribution in [3.05, 3.63) is 34.4 Å². The number of amides is 4. The maximum atomic E-state index is 14.0. The molecule has 0 radical (unpaired) electrons. The zero-order chi connectivity index (χ0) is 21.1. The van der Waals surface area contributed by atoms with Crippen molar-refractivity contribution in [2.75, 3.05) is 26.7 Å². The van der Waals surface area contributed by atoms with E-state index in [1.807, 2.05) is 0 Å². The van der Waals surface area contributed by atoms with Crippen molar-refractivity contribution in [1.29, 1.82) is 0 Å². The Morgan fingerprint density at radius 2 is 1.97 bits per heavy atom. The lowest BCUT2D eigenvalue weighted by Crippen LogP contribution is -2.58. The van der Waals surface area contributed by atoms with Gasteiger partial charge in [0.1, 0.15) is 11.6 Å². The number of aliphatic hydroxyl groups excluding tert-OH is 1. The number of nitrogens with one attached hydrogen (secondary N) is 2. The molecule has 1 aromatic carbocycles. The summed E-state index contributed by atoms with van der Waals surface area (Å²) in [7, 11) is 1.53. The molecule has 2 aliphatic rings. The lowest BCUT2D eigenvalue weighted by molar-refractivity contribution is 0.0690. The molecule has 0 aromatic heterocycles. The molecule has 10 heteroatoms. The fourth-order valence-electron chi connectivity index (χ4n) is 3.78. The highest BCUT2D eigenvalue weighted by atomic mass is 35.5. The number of carbonyl (C=O) groups is 2. The number of halogens is 3. The molecular formula is C19H25ClF2N4O3. The van der Waals surface area contributed by atoms with Gasteiger partial charge in [0.2, 0.25) is 0 Å². The highest BCUT2D eigenvalue weighted by Gasteiger charge is 2.41. The van der Waals surface area contributed by atoms with Crippen LogP contribution in [-0.2, 0) is 6.54 Å². The van der Waals surface area contributed by atoms with E-state index in [9.17, 15) is 23.5 Å². The number of hydrogen-bond acceptors (Lipinski definition) is 3. The van der Waals surface area contributed by atoms with Gasteiger partial charge in [0.15, 0.2) is 0 Å². The maximum Gasteiger partial charge on any atom is 0.318 e. The van der Waals surface area contributed by atoms with Crippen LogP contribution in [-0.4, -0.2) is 65.8 Å². The summed E-state index contributed by atoms with van der Waals surface area (Å²) in [5, 5.41) is 14.5.